The van der Waals surface area contributed by atoms with E-state index in [1.165, 1.54) is 0 Å². The first-order chi connectivity index (χ1) is 16.2. The molecule has 0 bridgehead atoms. The average Bonchev–Trinajstić information content (AvgIpc) is 3.57. The van der Waals surface area contributed by atoms with Crippen LogP contribution in [0.25, 0.3) is 22.0 Å². The standard InChI is InChI=1S/C23H19ClN4O3S2/c1-3-8-28-21(17-10-15(24)5-7-18(17)29-2)26-27-23(28)33-12-16-11-32-22(25-16)14-4-6-19-20(9-14)31-13-30-19/h3-7,9-11H,1,8,12-13H2,2H3. The molecule has 4 aromatic rings. The molecule has 0 saturated carbocycles. The second kappa shape index (κ2) is 9.46. The number of thioether (sulfide) groups is 1. The molecule has 5 rings (SSSR count). The van der Waals surface area contributed by atoms with Crippen LogP contribution < -0.4 is 14.2 Å². The number of halogens is 1. The van der Waals surface area contributed by atoms with Crippen LogP contribution >= 0.6 is 34.7 Å². The minimum absolute atomic E-state index is 0.257. The summed E-state index contributed by atoms with van der Waals surface area (Å²) in [5.41, 5.74) is 2.75. The Labute approximate surface area is 204 Å². The Kier molecular flexibility index (Phi) is 6.26. The SMILES string of the molecule is C=CCn1c(SCc2csc(-c3ccc4c(c3)OCO4)n2)nnc1-c1cc(Cl)ccc1OC. The Morgan fingerprint density at radius 1 is 1.21 bits per heavy atom. The van der Waals surface area contributed by atoms with Crippen molar-refractivity contribution in [3.05, 3.63) is 65.1 Å². The summed E-state index contributed by atoms with van der Waals surface area (Å²) in [4.78, 5) is 4.79. The van der Waals surface area contributed by atoms with Crippen LogP contribution in [0.3, 0.4) is 0 Å². The molecule has 168 valence electrons. The van der Waals surface area contributed by atoms with Gasteiger partial charge in [0.05, 0.1) is 18.4 Å². The lowest BCUT2D eigenvalue weighted by Gasteiger charge is -2.11. The zero-order valence-electron chi connectivity index (χ0n) is 17.7. The van der Waals surface area contributed by atoms with Crippen molar-refractivity contribution in [2.24, 2.45) is 0 Å². The summed E-state index contributed by atoms with van der Waals surface area (Å²) in [7, 11) is 1.62. The fraction of sp³-hybridized carbons (Fsp3) is 0.174. The maximum Gasteiger partial charge on any atom is 0.231 e. The first-order valence-electron chi connectivity index (χ1n) is 10.0. The molecule has 0 N–H and O–H groups in total. The smallest absolute Gasteiger partial charge is 0.231 e. The van der Waals surface area contributed by atoms with Crippen molar-refractivity contribution in [1.29, 1.82) is 0 Å². The molecule has 1 aliphatic rings. The van der Waals surface area contributed by atoms with Crippen LogP contribution in [0.2, 0.25) is 5.02 Å². The summed E-state index contributed by atoms with van der Waals surface area (Å²) < 4.78 is 18.4. The zero-order valence-corrected chi connectivity index (χ0v) is 20.0. The van der Waals surface area contributed by atoms with Crippen LogP contribution in [0.5, 0.6) is 17.2 Å². The van der Waals surface area contributed by atoms with E-state index in [1.807, 2.05) is 41.0 Å². The van der Waals surface area contributed by atoms with Gasteiger partial charge < -0.3 is 14.2 Å². The number of rotatable bonds is 8. The number of hydrogen-bond donors (Lipinski definition) is 0. The first-order valence-corrected chi connectivity index (χ1v) is 12.3. The Bertz CT molecular complexity index is 1320. The molecule has 0 spiro atoms. The highest BCUT2D eigenvalue weighted by Crippen LogP contribution is 2.38. The molecule has 7 nitrogen and oxygen atoms in total. The van der Waals surface area contributed by atoms with Crippen LogP contribution in [0, 0.1) is 0 Å². The highest BCUT2D eigenvalue weighted by molar-refractivity contribution is 7.98. The average molecular weight is 499 g/mol. The lowest BCUT2D eigenvalue weighted by molar-refractivity contribution is 0.174. The third-order valence-electron chi connectivity index (χ3n) is 4.95. The summed E-state index contributed by atoms with van der Waals surface area (Å²) >= 11 is 9.39. The maximum atomic E-state index is 6.22. The molecule has 10 heteroatoms. The van der Waals surface area contributed by atoms with E-state index in [-0.39, 0.29) is 6.79 Å². The number of methoxy groups -OCH3 is 1. The van der Waals surface area contributed by atoms with Crippen LogP contribution in [0.1, 0.15) is 5.69 Å². The molecule has 3 heterocycles. The lowest BCUT2D eigenvalue weighted by Crippen LogP contribution is -2.02. The van der Waals surface area contributed by atoms with E-state index >= 15 is 0 Å². The number of benzene rings is 2. The Balaban J connectivity index is 1.37. The number of ether oxygens (including phenoxy) is 3. The molecular weight excluding hydrogens is 480 g/mol. The third-order valence-corrected chi connectivity index (χ3v) is 7.13. The van der Waals surface area contributed by atoms with E-state index in [4.69, 9.17) is 30.8 Å². The largest absolute Gasteiger partial charge is 0.496 e. The van der Waals surface area contributed by atoms with Crippen LogP contribution in [0.4, 0.5) is 0 Å². The van der Waals surface area contributed by atoms with E-state index in [2.05, 4.69) is 22.2 Å². The molecule has 2 aromatic heterocycles. The summed E-state index contributed by atoms with van der Waals surface area (Å²) in [6.45, 7) is 4.69. The quantitative estimate of drug-likeness (QED) is 0.220. The van der Waals surface area contributed by atoms with Gasteiger partial charge in [-0.05, 0) is 36.4 Å². The predicted octanol–water partition coefficient (Wildman–Crippen LogP) is 5.94. The molecule has 0 atom stereocenters. The predicted molar refractivity (Wildman–Crippen MR) is 130 cm³/mol. The fourth-order valence-corrected chi connectivity index (χ4v) is 5.35. The van der Waals surface area contributed by atoms with Gasteiger partial charge in [0.2, 0.25) is 6.79 Å². The van der Waals surface area contributed by atoms with E-state index in [9.17, 15) is 0 Å². The van der Waals surface area contributed by atoms with E-state index in [1.54, 1.807) is 36.3 Å². The van der Waals surface area contributed by atoms with Gasteiger partial charge in [-0.3, -0.25) is 4.57 Å². The lowest BCUT2D eigenvalue weighted by atomic mass is 10.2. The van der Waals surface area contributed by atoms with Crippen LogP contribution in [-0.2, 0) is 12.3 Å². The van der Waals surface area contributed by atoms with Crippen molar-refractivity contribution in [3.8, 4) is 39.2 Å². The molecular formula is C23H19ClN4O3S2. The van der Waals surface area contributed by atoms with Gasteiger partial charge in [0.15, 0.2) is 22.5 Å². The van der Waals surface area contributed by atoms with Crippen molar-refractivity contribution in [1.82, 2.24) is 19.7 Å². The number of aromatic nitrogens is 4. The molecule has 2 aromatic carbocycles. The second-order valence-corrected chi connectivity index (χ2v) is 9.29. The van der Waals surface area contributed by atoms with Crippen molar-refractivity contribution < 1.29 is 14.2 Å². The normalized spacial score (nSPS) is 12.2. The number of nitrogens with zero attached hydrogens (tertiary/aromatic N) is 4. The first kappa shape index (κ1) is 21.8. The topological polar surface area (TPSA) is 71.3 Å². The minimum Gasteiger partial charge on any atom is -0.496 e. The van der Waals surface area contributed by atoms with Gasteiger partial charge in [0, 0.05) is 28.3 Å². The van der Waals surface area contributed by atoms with E-state index < -0.39 is 0 Å². The molecule has 0 amide bonds. The second-order valence-electron chi connectivity index (χ2n) is 7.05. The number of thiazole rings is 1. The number of hydrogen-bond acceptors (Lipinski definition) is 8. The Morgan fingerprint density at radius 2 is 2.09 bits per heavy atom. The summed E-state index contributed by atoms with van der Waals surface area (Å²) in [5, 5.41) is 13.2. The Morgan fingerprint density at radius 3 is 2.94 bits per heavy atom. The van der Waals surface area contributed by atoms with Gasteiger partial charge in [-0.15, -0.1) is 28.1 Å². The number of allylic oxidation sites excluding steroid dienone is 1. The summed E-state index contributed by atoms with van der Waals surface area (Å²) in [6, 6.07) is 11.3. The van der Waals surface area contributed by atoms with Gasteiger partial charge >= 0.3 is 0 Å². The molecule has 33 heavy (non-hydrogen) atoms. The van der Waals surface area contributed by atoms with Crippen LogP contribution in [-0.4, -0.2) is 33.7 Å². The summed E-state index contributed by atoms with van der Waals surface area (Å²) in [5.74, 6) is 3.53. The van der Waals surface area contributed by atoms with E-state index in [0.29, 0.717) is 28.9 Å². The van der Waals surface area contributed by atoms with Crippen molar-refractivity contribution >= 4 is 34.7 Å². The highest BCUT2D eigenvalue weighted by atomic mass is 35.5. The number of fused-ring (bicyclic) bond motifs is 1. The van der Waals surface area contributed by atoms with E-state index in [0.717, 1.165) is 38.5 Å². The molecule has 0 fully saturated rings. The monoisotopic (exact) mass is 498 g/mol. The van der Waals surface area contributed by atoms with Gasteiger partial charge in [-0.25, -0.2) is 4.98 Å². The summed E-state index contributed by atoms with van der Waals surface area (Å²) in [6.07, 6.45) is 1.81. The highest BCUT2D eigenvalue weighted by Gasteiger charge is 2.19. The van der Waals surface area contributed by atoms with Crippen LogP contribution in [0.15, 0.2) is 59.6 Å². The third kappa shape index (κ3) is 4.44. The minimum atomic E-state index is 0.257. The molecule has 1 aliphatic heterocycles. The maximum absolute atomic E-state index is 6.22. The van der Waals surface area contributed by atoms with Gasteiger partial charge in [0.25, 0.3) is 0 Å². The molecule has 0 aliphatic carbocycles. The van der Waals surface area contributed by atoms with Crippen molar-refractivity contribution in [2.75, 3.05) is 13.9 Å². The van der Waals surface area contributed by atoms with Crippen molar-refractivity contribution in [3.63, 3.8) is 0 Å². The molecule has 0 unspecified atom stereocenters. The molecule has 0 saturated heterocycles. The molecule has 0 radical (unpaired) electrons. The van der Waals surface area contributed by atoms with Crippen molar-refractivity contribution in [2.45, 2.75) is 17.5 Å². The van der Waals surface area contributed by atoms with Gasteiger partial charge in [0.1, 0.15) is 10.8 Å². The van der Waals surface area contributed by atoms with Gasteiger partial charge in [-0.2, -0.15) is 0 Å². The zero-order chi connectivity index (χ0) is 22.8. The fourth-order valence-electron chi connectivity index (χ4n) is 3.42. The Hall–Kier alpha value is -3.01. The van der Waals surface area contributed by atoms with Gasteiger partial charge in [-0.1, -0.05) is 29.4 Å².